The van der Waals surface area contributed by atoms with Gasteiger partial charge in [0, 0.05) is 17.0 Å². The summed E-state index contributed by atoms with van der Waals surface area (Å²) in [6, 6.07) is 15.3. The average molecular weight is 448 g/mol. The number of aromatic nitrogens is 1. The third-order valence-electron chi connectivity index (χ3n) is 7.13. The summed E-state index contributed by atoms with van der Waals surface area (Å²) in [5.74, 6) is 1.22. The molecular formula is C31H29NO2. The van der Waals surface area contributed by atoms with Crippen molar-refractivity contribution in [3.63, 3.8) is 0 Å². The second-order valence-corrected chi connectivity index (χ2v) is 10.5. The molecular weight excluding hydrogens is 418 g/mol. The van der Waals surface area contributed by atoms with Crippen molar-refractivity contribution in [1.82, 2.24) is 4.98 Å². The van der Waals surface area contributed by atoms with Gasteiger partial charge in [-0.05, 0) is 71.0 Å². The van der Waals surface area contributed by atoms with E-state index in [9.17, 15) is 0 Å². The lowest BCUT2D eigenvalue weighted by atomic mass is 9.82. The van der Waals surface area contributed by atoms with Crippen molar-refractivity contribution in [2.75, 3.05) is 0 Å². The van der Waals surface area contributed by atoms with Crippen LogP contribution >= 0.6 is 0 Å². The standard InChI is InChI=1S/C31H29NO2/c1-18-17-33-30-28(18)24(29-19(2)22-11-8-9-13-27(22)34-29)16-26(32-30)21-14-20-10-6-7-12-23(20)25(15-21)31(3,4)5/h6-17,22,27H,1-5H3. The van der Waals surface area contributed by atoms with Gasteiger partial charge in [-0.3, -0.25) is 0 Å². The molecule has 34 heavy (non-hydrogen) atoms. The van der Waals surface area contributed by atoms with Gasteiger partial charge in [0.05, 0.1) is 17.3 Å². The number of rotatable bonds is 2. The van der Waals surface area contributed by atoms with Crippen LogP contribution in [0.15, 0.2) is 83.0 Å². The summed E-state index contributed by atoms with van der Waals surface area (Å²) in [5.41, 5.74) is 7.35. The Morgan fingerprint density at radius 1 is 0.941 bits per heavy atom. The van der Waals surface area contributed by atoms with E-state index < -0.39 is 0 Å². The van der Waals surface area contributed by atoms with Crippen molar-refractivity contribution in [1.29, 1.82) is 0 Å². The highest BCUT2D eigenvalue weighted by Gasteiger charge is 2.34. The fourth-order valence-corrected chi connectivity index (χ4v) is 5.34. The summed E-state index contributed by atoms with van der Waals surface area (Å²) in [4.78, 5) is 4.97. The van der Waals surface area contributed by atoms with Crippen LogP contribution < -0.4 is 0 Å². The number of ether oxygens (including phenoxy) is 1. The van der Waals surface area contributed by atoms with Gasteiger partial charge in [0.1, 0.15) is 11.9 Å². The number of allylic oxidation sites excluding steroid dienone is 2. The summed E-state index contributed by atoms with van der Waals surface area (Å²) in [6.45, 7) is 11.0. The monoisotopic (exact) mass is 447 g/mol. The van der Waals surface area contributed by atoms with E-state index in [4.69, 9.17) is 14.1 Å². The maximum absolute atomic E-state index is 6.51. The zero-order chi connectivity index (χ0) is 23.6. The minimum Gasteiger partial charge on any atom is -0.485 e. The molecule has 1 aliphatic carbocycles. The van der Waals surface area contributed by atoms with Crippen molar-refractivity contribution in [2.24, 2.45) is 5.92 Å². The van der Waals surface area contributed by atoms with Crippen molar-refractivity contribution in [3.8, 4) is 11.3 Å². The molecule has 3 nitrogen and oxygen atoms in total. The Balaban J connectivity index is 1.60. The van der Waals surface area contributed by atoms with Crippen LogP contribution in [0.2, 0.25) is 0 Å². The SMILES string of the molecule is CC1=C(c2cc(-c3cc(C(C)(C)C)c4ccccc4c3)nc3occ(C)c23)OC2C=CC=CC12. The van der Waals surface area contributed by atoms with E-state index in [-0.39, 0.29) is 17.4 Å². The lowest BCUT2D eigenvalue weighted by molar-refractivity contribution is 0.212. The summed E-state index contributed by atoms with van der Waals surface area (Å²) in [7, 11) is 0. The number of nitrogens with zero attached hydrogens (tertiary/aromatic N) is 1. The normalized spacial score (nSPS) is 19.8. The predicted octanol–water partition coefficient (Wildman–Crippen LogP) is 8.13. The molecule has 2 aromatic heterocycles. The second kappa shape index (κ2) is 7.46. The van der Waals surface area contributed by atoms with Gasteiger partial charge in [-0.2, -0.15) is 0 Å². The molecule has 0 saturated carbocycles. The fraction of sp³-hybridized carbons (Fsp3) is 0.258. The number of aryl methyl sites for hydroxylation is 1. The molecule has 3 heterocycles. The van der Waals surface area contributed by atoms with Gasteiger partial charge in [-0.15, -0.1) is 0 Å². The summed E-state index contributed by atoms with van der Waals surface area (Å²) < 4.78 is 12.4. The summed E-state index contributed by atoms with van der Waals surface area (Å²) in [5, 5.41) is 3.54. The largest absolute Gasteiger partial charge is 0.485 e. The molecule has 0 spiro atoms. The van der Waals surface area contributed by atoms with Gasteiger partial charge in [0.25, 0.3) is 0 Å². The van der Waals surface area contributed by atoms with Gasteiger partial charge in [-0.1, -0.05) is 63.3 Å². The summed E-state index contributed by atoms with van der Waals surface area (Å²) >= 11 is 0. The lowest BCUT2D eigenvalue weighted by Crippen LogP contribution is -2.15. The smallest absolute Gasteiger partial charge is 0.227 e. The Morgan fingerprint density at radius 2 is 1.74 bits per heavy atom. The van der Waals surface area contributed by atoms with Crippen LogP contribution in [0.4, 0.5) is 0 Å². The molecule has 4 aromatic rings. The third kappa shape index (κ3) is 3.22. The highest BCUT2D eigenvalue weighted by atomic mass is 16.5. The number of hydrogen-bond donors (Lipinski definition) is 0. The molecule has 6 rings (SSSR count). The first-order valence-corrected chi connectivity index (χ1v) is 12.0. The van der Waals surface area contributed by atoms with Crippen molar-refractivity contribution < 1.29 is 9.15 Å². The maximum Gasteiger partial charge on any atom is 0.227 e. The Hall–Kier alpha value is -3.59. The molecule has 2 aromatic carbocycles. The van der Waals surface area contributed by atoms with Crippen LogP contribution in [0.5, 0.6) is 0 Å². The molecule has 2 unspecified atom stereocenters. The molecule has 3 heteroatoms. The number of fused-ring (bicyclic) bond motifs is 3. The minimum absolute atomic E-state index is 0.00581. The highest BCUT2D eigenvalue weighted by Crippen LogP contribution is 2.43. The second-order valence-electron chi connectivity index (χ2n) is 10.5. The topological polar surface area (TPSA) is 35.3 Å². The van der Waals surface area contributed by atoms with E-state index in [2.05, 4.69) is 101 Å². The first-order valence-electron chi connectivity index (χ1n) is 12.0. The molecule has 1 aliphatic heterocycles. The average Bonchev–Trinajstić information content (AvgIpc) is 3.37. The molecule has 0 saturated heterocycles. The summed E-state index contributed by atoms with van der Waals surface area (Å²) in [6.07, 6.45) is 10.4. The third-order valence-corrected chi connectivity index (χ3v) is 7.13. The highest BCUT2D eigenvalue weighted by molar-refractivity contribution is 5.95. The lowest BCUT2D eigenvalue weighted by Gasteiger charge is -2.23. The number of hydrogen-bond acceptors (Lipinski definition) is 3. The molecule has 0 radical (unpaired) electrons. The van der Waals surface area contributed by atoms with Crippen LogP contribution in [0.25, 0.3) is 38.9 Å². The molecule has 0 amide bonds. The van der Waals surface area contributed by atoms with Crippen LogP contribution in [-0.2, 0) is 10.2 Å². The number of pyridine rings is 1. The van der Waals surface area contributed by atoms with Gasteiger partial charge in [0.15, 0.2) is 0 Å². The predicted molar refractivity (Wildman–Crippen MR) is 140 cm³/mol. The van der Waals surface area contributed by atoms with Crippen LogP contribution in [-0.4, -0.2) is 11.1 Å². The first-order chi connectivity index (χ1) is 16.3. The van der Waals surface area contributed by atoms with E-state index in [0.717, 1.165) is 33.5 Å². The van der Waals surface area contributed by atoms with Crippen molar-refractivity contribution >= 4 is 27.6 Å². The van der Waals surface area contributed by atoms with E-state index in [1.165, 1.54) is 21.9 Å². The zero-order valence-corrected chi connectivity index (χ0v) is 20.3. The Kier molecular flexibility index (Phi) is 4.60. The van der Waals surface area contributed by atoms with Gasteiger partial charge >= 0.3 is 0 Å². The van der Waals surface area contributed by atoms with Crippen LogP contribution in [0, 0.1) is 12.8 Å². The quantitative estimate of drug-likeness (QED) is 0.311. The van der Waals surface area contributed by atoms with Gasteiger partial charge in [-0.25, -0.2) is 4.98 Å². The molecule has 170 valence electrons. The maximum atomic E-state index is 6.51. The van der Waals surface area contributed by atoms with Crippen molar-refractivity contribution in [2.45, 2.75) is 46.1 Å². The minimum atomic E-state index is 0.00581. The zero-order valence-electron chi connectivity index (χ0n) is 20.3. The van der Waals surface area contributed by atoms with Gasteiger partial charge < -0.3 is 9.15 Å². The molecule has 0 N–H and O–H groups in total. The molecule has 0 bridgehead atoms. The fourth-order valence-electron chi connectivity index (χ4n) is 5.34. The van der Waals surface area contributed by atoms with Crippen LogP contribution in [0.1, 0.15) is 44.4 Å². The van der Waals surface area contributed by atoms with E-state index in [0.29, 0.717) is 5.71 Å². The first kappa shape index (κ1) is 21.0. The molecule has 2 atom stereocenters. The van der Waals surface area contributed by atoms with Gasteiger partial charge in [0.2, 0.25) is 5.71 Å². The van der Waals surface area contributed by atoms with Crippen LogP contribution in [0.3, 0.4) is 0 Å². The number of furan rings is 1. The van der Waals surface area contributed by atoms with E-state index >= 15 is 0 Å². The Bertz CT molecular complexity index is 1540. The van der Waals surface area contributed by atoms with E-state index in [1.807, 2.05) is 0 Å². The number of benzene rings is 2. The van der Waals surface area contributed by atoms with E-state index in [1.54, 1.807) is 6.26 Å². The van der Waals surface area contributed by atoms with Crippen molar-refractivity contribution in [3.05, 3.63) is 95.3 Å². The molecule has 0 fully saturated rings. The Morgan fingerprint density at radius 3 is 2.53 bits per heavy atom. The Labute approximate surface area is 200 Å². The molecule has 2 aliphatic rings.